The zero-order chi connectivity index (χ0) is 12.1. The second-order valence-corrected chi connectivity index (χ2v) is 3.01. The normalized spacial score (nSPS) is 10.3. The van der Waals surface area contributed by atoms with Crippen LogP contribution in [-0.4, -0.2) is 36.0 Å². The molecule has 0 amide bonds. The summed E-state index contributed by atoms with van der Waals surface area (Å²) in [7, 11) is 1.17. The topological polar surface area (TPSA) is 64.1 Å². The predicted octanol–water partition coefficient (Wildman–Crippen LogP) is 1.59. The van der Waals surface area contributed by atoms with E-state index in [-0.39, 0.29) is 16.8 Å². The summed E-state index contributed by atoms with van der Waals surface area (Å²) >= 11 is 5.51. The van der Waals surface area contributed by atoms with Crippen molar-refractivity contribution in [1.29, 1.82) is 0 Å². The summed E-state index contributed by atoms with van der Waals surface area (Å²) in [6.45, 7) is -0.589. The van der Waals surface area contributed by atoms with Crippen LogP contribution in [0.4, 0.5) is 14.6 Å². The van der Waals surface area contributed by atoms with Crippen LogP contribution in [0.5, 0.6) is 0 Å². The lowest BCUT2D eigenvalue weighted by Crippen LogP contribution is -2.13. The highest BCUT2D eigenvalue weighted by Crippen LogP contribution is 2.11. The minimum atomic E-state index is -2.53. The van der Waals surface area contributed by atoms with Crippen LogP contribution in [-0.2, 0) is 4.74 Å². The van der Waals surface area contributed by atoms with Crippen molar-refractivity contribution in [3.8, 4) is 0 Å². The van der Waals surface area contributed by atoms with Crippen molar-refractivity contribution in [2.45, 2.75) is 6.43 Å². The van der Waals surface area contributed by atoms with Gasteiger partial charge in [0.15, 0.2) is 5.69 Å². The van der Waals surface area contributed by atoms with Crippen LogP contribution in [0, 0.1) is 0 Å². The smallest absolute Gasteiger partial charge is 0.356 e. The minimum Gasteiger partial charge on any atom is -0.464 e. The third kappa shape index (κ3) is 3.58. The van der Waals surface area contributed by atoms with Gasteiger partial charge in [0, 0.05) is 6.07 Å². The summed E-state index contributed by atoms with van der Waals surface area (Å²) in [4.78, 5) is 18.3. The monoisotopic (exact) mass is 251 g/mol. The summed E-state index contributed by atoms with van der Waals surface area (Å²) < 4.78 is 28.2. The number of alkyl halides is 2. The van der Waals surface area contributed by atoms with E-state index in [0.717, 1.165) is 0 Å². The number of rotatable bonds is 4. The lowest BCUT2D eigenvalue weighted by molar-refractivity contribution is 0.0594. The second kappa shape index (κ2) is 5.55. The maximum Gasteiger partial charge on any atom is 0.356 e. The minimum absolute atomic E-state index is 0.0423. The van der Waals surface area contributed by atoms with Gasteiger partial charge in [-0.25, -0.2) is 23.5 Å². The van der Waals surface area contributed by atoms with Gasteiger partial charge in [-0.2, -0.15) is 0 Å². The number of anilines is 1. The number of methoxy groups -OCH3 is 1. The van der Waals surface area contributed by atoms with Crippen LogP contribution < -0.4 is 5.32 Å². The zero-order valence-electron chi connectivity index (χ0n) is 8.21. The fraction of sp³-hybridized carbons (Fsp3) is 0.375. The number of ether oxygens (including phenoxy) is 1. The molecule has 0 saturated carbocycles. The fourth-order valence-corrected chi connectivity index (χ4v) is 1.08. The molecule has 1 heterocycles. The number of aromatic nitrogens is 2. The summed E-state index contributed by atoms with van der Waals surface area (Å²) in [6, 6.07) is 1.18. The van der Waals surface area contributed by atoms with E-state index in [1.807, 2.05) is 0 Å². The highest BCUT2D eigenvalue weighted by Gasteiger charge is 2.12. The number of hydrogen-bond donors (Lipinski definition) is 1. The van der Waals surface area contributed by atoms with Crippen molar-refractivity contribution < 1.29 is 18.3 Å². The van der Waals surface area contributed by atoms with Crippen LogP contribution in [0.2, 0.25) is 5.28 Å². The number of halogens is 3. The highest BCUT2D eigenvalue weighted by atomic mass is 35.5. The quantitative estimate of drug-likeness (QED) is 0.650. The maximum absolute atomic E-state index is 11.9. The van der Waals surface area contributed by atoms with Gasteiger partial charge in [-0.3, -0.25) is 0 Å². The number of hydrogen-bond acceptors (Lipinski definition) is 5. The van der Waals surface area contributed by atoms with Gasteiger partial charge in [-0.15, -0.1) is 0 Å². The number of carbonyl (C=O) groups excluding carboxylic acids is 1. The summed E-state index contributed by atoms with van der Waals surface area (Å²) in [6.07, 6.45) is -2.53. The van der Waals surface area contributed by atoms with Gasteiger partial charge in [0.25, 0.3) is 6.43 Å². The average Bonchev–Trinajstić information content (AvgIpc) is 2.24. The molecule has 8 heteroatoms. The molecule has 0 aliphatic rings. The molecule has 0 unspecified atom stereocenters. The largest absolute Gasteiger partial charge is 0.464 e. The van der Waals surface area contributed by atoms with Gasteiger partial charge in [0.2, 0.25) is 5.28 Å². The van der Waals surface area contributed by atoms with Crippen LogP contribution in [0.25, 0.3) is 0 Å². The Morgan fingerprint density at radius 2 is 2.31 bits per heavy atom. The Morgan fingerprint density at radius 3 is 2.88 bits per heavy atom. The Kier molecular flexibility index (Phi) is 4.36. The lowest BCUT2D eigenvalue weighted by atomic mass is 10.4. The summed E-state index contributed by atoms with van der Waals surface area (Å²) in [5.41, 5.74) is -0.0979. The van der Waals surface area contributed by atoms with E-state index in [2.05, 4.69) is 20.0 Å². The second-order valence-electron chi connectivity index (χ2n) is 2.67. The first-order valence-electron chi connectivity index (χ1n) is 4.18. The first-order chi connectivity index (χ1) is 7.52. The van der Waals surface area contributed by atoms with Gasteiger partial charge >= 0.3 is 5.97 Å². The van der Waals surface area contributed by atoms with Crippen molar-refractivity contribution in [2.75, 3.05) is 19.0 Å². The molecule has 0 radical (unpaired) electrons. The first kappa shape index (κ1) is 12.6. The van der Waals surface area contributed by atoms with E-state index in [0.29, 0.717) is 0 Å². The molecule has 0 aliphatic heterocycles. The molecule has 0 fully saturated rings. The molecule has 1 rings (SSSR count). The molecule has 0 bridgehead atoms. The van der Waals surface area contributed by atoms with E-state index in [1.54, 1.807) is 0 Å². The third-order valence-electron chi connectivity index (χ3n) is 1.53. The number of nitrogens with one attached hydrogen (secondary N) is 1. The molecule has 0 aromatic carbocycles. The Bertz CT molecular complexity index is 390. The average molecular weight is 252 g/mol. The summed E-state index contributed by atoms with van der Waals surface area (Å²) in [5, 5.41) is 2.09. The molecule has 16 heavy (non-hydrogen) atoms. The van der Waals surface area contributed by atoms with Crippen LogP contribution in [0.1, 0.15) is 10.5 Å². The molecule has 88 valence electrons. The van der Waals surface area contributed by atoms with Crippen molar-refractivity contribution in [3.63, 3.8) is 0 Å². The lowest BCUT2D eigenvalue weighted by Gasteiger charge is -2.06. The molecule has 0 atom stereocenters. The predicted molar refractivity (Wildman–Crippen MR) is 52.9 cm³/mol. The molecule has 1 N–H and O–H groups in total. The molecule has 0 spiro atoms. The molecular formula is C8H8ClF2N3O2. The molecule has 1 aromatic heterocycles. The van der Waals surface area contributed by atoms with Gasteiger partial charge < -0.3 is 10.1 Å². The molecule has 0 saturated heterocycles. The van der Waals surface area contributed by atoms with Crippen molar-refractivity contribution >= 4 is 23.4 Å². The fourth-order valence-electron chi connectivity index (χ4n) is 0.899. The molecular weight excluding hydrogens is 244 g/mol. The van der Waals surface area contributed by atoms with E-state index >= 15 is 0 Å². The van der Waals surface area contributed by atoms with Crippen LogP contribution in [0.15, 0.2) is 6.07 Å². The van der Waals surface area contributed by atoms with Crippen LogP contribution >= 0.6 is 11.6 Å². The van der Waals surface area contributed by atoms with Gasteiger partial charge in [-0.05, 0) is 11.6 Å². The van der Waals surface area contributed by atoms with E-state index in [9.17, 15) is 13.6 Å². The maximum atomic E-state index is 11.9. The SMILES string of the molecule is COC(=O)c1cc(NCC(F)F)nc(Cl)n1. The van der Waals surface area contributed by atoms with E-state index in [1.165, 1.54) is 13.2 Å². The van der Waals surface area contributed by atoms with E-state index < -0.39 is 18.9 Å². The first-order valence-corrected chi connectivity index (χ1v) is 4.55. The Labute approximate surface area is 94.8 Å². The van der Waals surface area contributed by atoms with Crippen molar-refractivity contribution in [3.05, 3.63) is 17.0 Å². The van der Waals surface area contributed by atoms with Gasteiger partial charge in [-0.1, -0.05) is 0 Å². The number of nitrogens with zero attached hydrogens (tertiary/aromatic N) is 2. The summed E-state index contributed by atoms with van der Waals surface area (Å²) in [5.74, 6) is -0.676. The van der Waals surface area contributed by atoms with E-state index in [4.69, 9.17) is 11.6 Å². The van der Waals surface area contributed by atoms with Gasteiger partial charge in [0.05, 0.1) is 13.7 Å². The van der Waals surface area contributed by atoms with Crippen LogP contribution in [0.3, 0.4) is 0 Å². The van der Waals surface area contributed by atoms with Gasteiger partial charge in [0.1, 0.15) is 5.82 Å². The molecule has 0 aliphatic carbocycles. The Morgan fingerprint density at radius 1 is 1.62 bits per heavy atom. The highest BCUT2D eigenvalue weighted by molar-refractivity contribution is 6.28. The standard InChI is InChI=1S/C8H8ClF2N3O2/c1-16-7(15)4-2-6(12-3-5(10)11)14-8(9)13-4/h2,5H,3H2,1H3,(H,12,13,14). The Balaban J connectivity index is 2.85. The Hall–Kier alpha value is -1.50. The molecule has 1 aromatic rings. The number of carbonyl (C=O) groups is 1. The third-order valence-corrected chi connectivity index (χ3v) is 1.70. The van der Waals surface area contributed by atoms with Crippen molar-refractivity contribution in [2.24, 2.45) is 0 Å². The molecule has 5 nitrogen and oxygen atoms in total. The zero-order valence-corrected chi connectivity index (χ0v) is 8.96. The van der Waals surface area contributed by atoms with Crippen molar-refractivity contribution in [1.82, 2.24) is 9.97 Å². The number of esters is 1.